The fourth-order valence-electron chi connectivity index (χ4n) is 3.97. The molecule has 2 fully saturated rings. The van der Waals surface area contributed by atoms with E-state index in [-0.39, 0.29) is 29.1 Å². The lowest BCUT2D eigenvalue weighted by Gasteiger charge is -2.36. The molecule has 2 aromatic heterocycles. The van der Waals surface area contributed by atoms with E-state index in [4.69, 9.17) is 0 Å². The lowest BCUT2D eigenvalue weighted by Crippen LogP contribution is -2.55. The molecule has 0 aromatic carbocycles. The van der Waals surface area contributed by atoms with Gasteiger partial charge in [-0.2, -0.15) is 0 Å². The van der Waals surface area contributed by atoms with E-state index in [1.807, 2.05) is 0 Å². The summed E-state index contributed by atoms with van der Waals surface area (Å²) in [6, 6.07) is 5.46. The molecule has 28 heavy (non-hydrogen) atoms. The van der Waals surface area contributed by atoms with Crippen LogP contribution < -0.4 is 10.9 Å². The number of hydrogen-bond acceptors (Lipinski definition) is 4. The van der Waals surface area contributed by atoms with Crippen molar-refractivity contribution in [1.82, 2.24) is 24.5 Å². The van der Waals surface area contributed by atoms with Gasteiger partial charge in [-0.25, -0.2) is 9.78 Å². The van der Waals surface area contributed by atoms with E-state index < -0.39 is 0 Å². The molecule has 3 amide bonds. The highest BCUT2D eigenvalue weighted by Gasteiger charge is 2.28. The van der Waals surface area contributed by atoms with E-state index in [2.05, 4.69) is 10.3 Å². The largest absolute Gasteiger partial charge is 0.335 e. The molecule has 148 valence electrons. The fraction of sp³-hybridized carbons (Fsp3) is 0.500. The van der Waals surface area contributed by atoms with Crippen LogP contribution in [-0.4, -0.2) is 63.3 Å². The number of aromatic nitrogens is 2. The third-order valence-corrected chi connectivity index (χ3v) is 5.63. The number of carbonyl (C=O) groups is 2. The standard InChI is InChI=1S/C20H25N5O3/c26-18(16-14-21-17-8-4-5-9-25(17)19(16)27)23-10-12-24(13-11-23)20(28)22-15-6-2-1-3-7-15/h4-5,8-9,14-15H,1-3,6-7,10-13H2,(H,22,28). The number of hydrogen-bond donors (Lipinski definition) is 1. The van der Waals surface area contributed by atoms with E-state index in [0.29, 0.717) is 31.8 Å². The summed E-state index contributed by atoms with van der Waals surface area (Å²) in [4.78, 5) is 45.5. The van der Waals surface area contributed by atoms with Crippen molar-refractivity contribution in [2.45, 2.75) is 38.1 Å². The molecule has 1 N–H and O–H groups in total. The second-order valence-corrected chi connectivity index (χ2v) is 7.47. The Balaban J connectivity index is 1.38. The summed E-state index contributed by atoms with van der Waals surface area (Å²) in [5, 5.41) is 3.11. The summed E-state index contributed by atoms with van der Waals surface area (Å²) in [5.41, 5.74) is 0.199. The summed E-state index contributed by atoms with van der Waals surface area (Å²) in [7, 11) is 0. The van der Waals surface area contributed by atoms with Gasteiger partial charge in [0.05, 0.1) is 0 Å². The molecule has 3 heterocycles. The molecule has 2 aliphatic rings. The summed E-state index contributed by atoms with van der Waals surface area (Å²) >= 11 is 0. The number of nitrogens with one attached hydrogen (secondary N) is 1. The van der Waals surface area contributed by atoms with Crippen molar-refractivity contribution < 1.29 is 9.59 Å². The molecule has 2 aromatic rings. The van der Waals surface area contributed by atoms with Crippen molar-refractivity contribution >= 4 is 17.6 Å². The minimum atomic E-state index is -0.368. The Morgan fingerprint density at radius 1 is 1.00 bits per heavy atom. The molecule has 0 radical (unpaired) electrons. The van der Waals surface area contributed by atoms with Crippen LogP contribution in [0.2, 0.25) is 0 Å². The first kappa shape index (κ1) is 18.5. The third kappa shape index (κ3) is 3.72. The van der Waals surface area contributed by atoms with E-state index in [9.17, 15) is 14.4 Å². The zero-order valence-corrected chi connectivity index (χ0v) is 15.8. The molecular weight excluding hydrogens is 358 g/mol. The normalized spacial score (nSPS) is 18.3. The number of piperazine rings is 1. The third-order valence-electron chi connectivity index (χ3n) is 5.63. The molecule has 1 saturated heterocycles. The molecule has 0 atom stereocenters. The molecule has 1 aliphatic carbocycles. The van der Waals surface area contributed by atoms with Gasteiger partial charge in [-0.3, -0.25) is 14.0 Å². The van der Waals surface area contributed by atoms with Crippen LogP contribution in [0, 0.1) is 0 Å². The summed E-state index contributed by atoms with van der Waals surface area (Å²) in [6.07, 6.45) is 8.63. The Morgan fingerprint density at radius 2 is 1.71 bits per heavy atom. The zero-order valence-electron chi connectivity index (χ0n) is 15.8. The van der Waals surface area contributed by atoms with Crippen LogP contribution in [0.3, 0.4) is 0 Å². The topological polar surface area (TPSA) is 87.0 Å². The lowest BCUT2D eigenvalue weighted by atomic mass is 9.96. The summed E-state index contributed by atoms with van der Waals surface area (Å²) < 4.78 is 1.38. The Morgan fingerprint density at radius 3 is 2.46 bits per heavy atom. The minimum Gasteiger partial charge on any atom is -0.335 e. The molecule has 0 spiro atoms. The molecule has 0 bridgehead atoms. The van der Waals surface area contributed by atoms with E-state index >= 15 is 0 Å². The number of pyridine rings is 1. The van der Waals surface area contributed by atoms with Gasteiger partial charge in [-0.1, -0.05) is 25.3 Å². The van der Waals surface area contributed by atoms with Crippen LogP contribution in [0.4, 0.5) is 4.79 Å². The van der Waals surface area contributed by atoms with Crippen LogP contribution in [0.1, 0.15) is 42.5 Å². The quantitative estimate of drug-likeness (QED) is 0.851. The Bertz CT molecular complexity index is 927. The highest BCUT2D eigenvalue weighted by molar-refractivity contribution is 5.94. The van der Waals surface area contributed by atoms with Crippen LogP contribution in [-0.2, 0) is 0 Å². The first-order chi connectivity index (χ1) is 13.6. The molecule has 8 nitrogen and oxygen atoms in total. The molecule has 0 unspecified atom stereocenters. The van der Waals surface area contributed by atoms with Crippen LogP contribution in [0.15, 0.2) is 35.4 Å². The zero-order chi connectivity index (χ0) is 19.5. The SMILES string of the molecule is O=C(NC1CCCCC1)N1CCN(C(=O)c2cnc3ccccn3c2=O)CC1. The Labute approximate surface area is 163 Å². The number of amides is 3. The van der Waals surface area contributed by atoms with Gasteiger partial charge in [-0.05, 0) is 25.0 Å². The highest BCUT2D eigenvalue weighted by atomic mass is 16.2. The van der Waals surface area contributed by atoms with Crippen molar-refractivity contribution in [3.63, 3.8) is 0 Å². The Kier molecular flexibility index (Phi) is 5.27. The van der Waals surface area contributed by atoms with Crippen LogP contribution in [0.25, 0.3) is 5.65 Å². The fourth-order valence-corrected chi connectivity index (χ4v) is 3.97. The van der Waals surface area contributed by atoms with Gasteiger partial charge < -0.3 is 15.1 Å². The predicted molar refractivity (Wildman–Crippen MR) is 104 cm³/mol. The van der Waals surface area contributed by atoms with Crippen molar-refractivity contribution in [1.29, 1.82) is 0 Å². The smallest absolute Gasteiger partial charge is 0.317 e. The summed E-state index contributed by atoms with van der Waals surface area (Å²) in [5.74, 6) is -0.330. The van der Waals surface area contributed by atoms with Crippen LogP contribution >= 0.6 is 0 Å². The monoisotopic (exact) mass is 383 g/mol. The summed E-state index contributed by atoms with van der Waals surface area (Å²) in [6.45, 7) is 1.75. The lowest BCUT2D eigenvalue weighted by molar-refractivity contribution is 0.0660. The second kappa shape index (κ2) is 8.00. The van der Waals surface area contributed by atoms with E-state index in [0.717, 1.165) is 12.8 Å². The van der Waals surface area contributed by atoms with Crippen LogP contribution in [0.5, 0.6) is 0 Å². The van der Waals surface area contributed by atoms with Gasteiger partial charge >= 0.3 is 6.03 Å². The van der Waals surface area contributed by atoms with Gasteiger partial charge in [0.1, 0.15) is 11.2 Å². The van der Waals surface area contributed by atoms with E-state index in [1.165, 1.54) is 29.9 Å². The molecule has 4 rings (SSSR count). The van der Waals surface area contributed by atoms with Gasteiger partial charge in [-0.15, -0.1) is 0 Å². The predicted octanol–water partition coefficient (Wildman–Crippen LogP) is 1.49. The number of urea groups is 1. The maximum atomic E-state index is 12.8. The second-order valence-electron chi connectivity index (χ2n) is 7.47. The minimum absolute atomic E-state index is 0.0496. The van der Waals surface area contributed by atoms with Crippen molar-refractivity contribution in [2.24, 2.45) is 0 Å². The first-order valence-corrected chi connectivity index (χ1v) is 9.94. The number of fused-ring (bicyclic) bond motifs is 1. The Hall–Kier alpha value is -2.90. The molecular formula is C20H25N5O3. The number of nitrogens with zero attached hydrogens (tertiary/aromatic N) is 4. The van der Waals surface area contributed by atoms with Crippen molar-refractivity contribution in [2.75, 3.05) is 26.2 Å². The van der Waals surface area contributed by atoms with E-state index in [1.54, 1.807) is 34.2 Å². The van der Waals surface area contributed by atoms with Gasteiger partial charge in [0.15, 0.2) is 0 Å². The number of rotatable bonds is 2. The maximum absolute atomic E-state index is 12.8. The van der Waals surface area contributed by atoms with Crippen molar-refractivity contribution in [3.8, 4) is 0 Å². The first-order valence-electron chi connectivity index (χ1n) is 9.94. The average molecular weight is 383 g/mol. The van der Waals surface area contributed by atoms with Gasteiger partial charge in [0.25, 0.3) is 11.5 Å². The van der Waals surface area contributed by atoms with Gasteiger partial charge in [0, 0.05) is 44.6 Å². The maximum Gasteiger partial charge on any atom is 0.317 e. The average Bonchev–Trinajstić information content (AvgIpc) is 2.74. The number of carbonyl (C=O) groups excluding carboxylic acids is 2. The van der Waals surface area contributed by atoms with Crippen molar-refractivity contribution in [3.05, 3.63) is 46.5 Å². The van der Waals surface area contributed by atoms with Gasteiger partial charge in [0.2, 0.25) is 0 Å². The molecule has 1 saturated carbocycles. The molecule has 8 heteroatoms. The molecule has 1 aliphatic heterocycles. The highest BCUT2D eigenvalue weighted by Crippen LogP contribution is 2.18.